The molecule has 1 N–H and O–H groups in total. The zero-order valence-corrected chi connectivity index (χ0v) is 12.8. The molecule has 0 aliphatic carbocycles. The van der Waals surface area contributed by atoms with Gasteiger partial charge in [0.15, 0.2) is 0 Å². The Kier molecular flexibility index (Phi) is 5.36. The van der Waals surface area contributed by atoms with Crippen molar-refractivity contribution >= 4 is 11.9 Å². The molecule has 20 heavy (non-hydrogen) atoms. The molecule has 0 unspecified atom stereocenters. The predicted molar refractivity (Wildman–Crippen MR) is 75.8 cm³/mol. The molecular formula is C15H23NO4. The van der Waals surface area contributed by atoms with Crippen molar-refractivity contribution in [2.45, 2.75) is 47.1 Å². The highest BCUT2D eigenvalue weighted by Gasteiger charge is 2.26. The number of furan rings is 1. The van der Waals surface area contributed by atoms with Gasteiger partial charge in [-0.05, 0) is 26.7 Å². The Balaban J connectivity index is 3.11. The fourth-order valence-electron chi connectivity index (χ4n) is 2.12. The molecule has 112 valence electrons. The molecule has 5 nitrogen and oxygen atoms in total. The average Bonchev–Trinajstić information content (AvgIpc) is 2.65. The lowest BCUT2D eigenvalue weighted by Gasteiger charge is -2.28. The molecule has 1 rings (SSSR count). The molecule has 1 amide bonds. The number of carboxylic acid groups (broad SMARTS) is 1. The zero-order valence-electron chi connectivity index (χ0n) is 12.8. The van der Waals surface area contributed by atoms with Crippen molar-refractivity contribution in [3.63, 3.8) is 0 Å². The van der Waals surface area contributed by atoms with Gasteiger partial charge in [0, 0.05) is 18.2 Å². The van der Waals surface area contributed by atoms with Gasteiger partial charge in [0.1, 0.15) is 12.2 Å². The number of carboxylic acids is 1. The normalized spacial score (nSPS) is 11.2. The molecule has 0 spiro atoms. The number of carbonyl (C=O) groups excluding carboxylic acids is 1. The van der Waals surface area contributed by atoms with Gasteiger partial charge in [-0.25, -0.2) is 0 Å². The second-order valence-electron chi connectivity index (χ2n) is 5.73. The Labute approximate surface area is 119 Å². The quantitative estimate of drug-likeness (QED) is 0.870. The number of hydrogen-bond acceptors (Lipinski definition) is 3. The monoisotopic (exact) mass is 281 g/mol. The summed E-state index contributed by atoms with van der Waals surface area (Å²) >= 11 is 0. The first-order chi connectivity index (χ1) is 9.23. The van der Waals surface area contributed by atoms with Crippen LogP contribution in [0.1, 0.15) is 49.4 Å². The Morgan fingerprint density at radius 1 is 1.30 bits per heavy atom. The van der Waals surface area contributed by atoms with Gasteiger partial charge in [-0.15, -0.1) is 0 Å². The summed E-state index contributed by atoms with van der Waals surface area (Å²) in [6.45, 7) is 10.4. The average molecular weight is 281 g/mol. The van der Waals surface area contributed by atoms with E-state index in [1.807, 2.05) is 27.7 Å². The van der Waals surface area contributed by atoms with Crippen molar-refractivity contribution in [2.75, 3.05) is 6.54 Å². The fourth-order valence-corrected chi connectivity index (χ4v) is 2.12. The Morgan fingerprint density at radius 3 is 2.35 bits per heavy atom. The second kappa shape index (κ2) is 6.59. The van der Waals surface area contributed by atoms with Crippen molar-refractivity contribution in [2.24, 2.45) is 5.92 Å². The van der Waals surface area contributed by atoms with Gasteiger partial charge in [0.05, 0.1) is 11.8 Å². The lowest BCUT2D eigenvalue weighted by molar-refractivity contribution is -0.136. The van der Waals surface area contributed by atoms with E-state index in [0.29, 0.717) is 23.6 Å². The van der Waals surface area contributed by atoms with E-state index in [0.717, 1.165) is 0 Å². The summed E-state index contributed by atoms with van der Waals surface area (Å²) in [4.78, 5) is 25.3. The maximum absolute atomic E-state index is 12.7. The van der Waals surface area contributed by atoms with Crippen LogP contribution in [0.4, 0.5) is 0 Å². The summed E-state index contributed by atoms with van der Waals surface area (Å²) in [6, 6.07) is 0.0527. The molecule has 1 heterocycles. The second-order valence-corrected chi connectivity index (χ2v) is 5.73. The van der Waals surface area contributed by atoms with Crippen LogP contribution in [0.25, 0.3) is 0 Å². The minimum atomic E-state index is -1.01. The van der Waals surface area contributed by atoms with Crippen LogP contribution < -0.4 is 0 Å². The molecule has 0 aromatic carbocycles. The largest absolute Gasteiger partial charge is 0.481 e. The van der Waals surface area contributed by atoms with E-state index in [4.69, 9.17) is 9.52 Å². The molecule has 0 atom stereocenters. The van der Waals surface area contributed by atoms with Crippen molar-refractivity contribution in [1.82, 2.24) is 4.90 Å². The number of hydrogen-bond donors (Lipinski definition) is 1. The maximum atomic E-state index is 12.7. The van der Waals surface area contributed by atoms with Crippen LogP contribution in [-0.2, 0) is 11.2 Å². The van der Waals surface area contributed by atoms with Crippen LogP contribution in [-0.4, -0.2) is 34.5 Å². The highest BCUT2D eigenvalue weighted by atomic mass is 16.4. The Hall–Kier alpha value is -1.78. The molecule has 0 fully saturated rings. The van der Waals surface area contributed by atoms with E-state index in [2.05, 4.69) is 0 Å². The molecule has 1 aromatic heterocycles. The Bertz CT molecular complexity index is 488. The highest BCUT2D eigenvalue weighted by Crippen LogP contribution is 2.21. The van der Waals surface area contributed by atoms with Gasteiger partial charge in [0.2, 0.25) is 0 Å². The van der Waals surface area contributed by atoms with Crippen molar-refractivity contribution in [3.05, 3.63) is 23.2 Å². The first kappa shape index (κ1) is 16.3. The van der Waals surface area contributed by atoms with Crippen molar-refractivity contribution in [3.8, 4) is 0 Å². The first-order valence-electron chi connectivity index (χ1n) is 6.83. The van der Waals surface area contributed by atoms with Gasteiger partial charge in [-0.2, -0.15) is 0 Å². The third-order valence-corrected chi connectivity index (χ3v) is 3.02. The van der Waals surface area contributed by atoms with Gasteiger partial charge >= 0.3 is 5.97 Å². The van der Waals surface area contributed by atoms with Crippen LogP contribution in [0.5, 0.6) is 0 Å². The van der Waals surface area contributed by atoms with Gasteiger partial charge in [-0.3, -0.25) is 9.59 Å². The molecule has 1 aromatic rings. The molecule has 5 heteroatoms. The summed E-state index contributed by atoms with van der Waals surface area (Å²) in [5.41, 5.74) is 1.07. The van der Waals surface area contributed by atoms with Gasteiger partial charge in [-0.1, -0.05) is 13.8 Å². The topological polar surface area (TPSA) is 70.7 Å². The summed E-state index contributed by atoms with van der Waals surface area (Å²) in [7, 11) is 0. The zero-order chi connectivity index (χ0) is 15.4. The van der Waals surface area contributed by atoms with E-state index in [9.17, 15) is 9.59 Å². The van der Waals surface area contributed by atoms with E-state index >= 15 is 0 Å². The number of nitrogens with zero attached hydrogens (tertiary/aromatic N) is 1. The maximum Gasteiger partial charge on any atom is 0.311 e. The lowest BCUT2D eigenvalue weighted by atomic mass is 10.1. The Morgan fingerprint density at radius 2 is 1.90 bits per heavy atom. The van der Waals surface area contributed by atoms with E-state index in [-0.39, 0.29) is 24.1 Å². The molecule has 0 saturated carbocycles. The molecule has 0 aliphatic rings. The molecule has 0 bridgehead atoms. The van der Waals surface area contributed by atoms with Crippen LogP contribution in [0.15, 0.2) is 10.7 Å². The van der Waals surface area contributed by atoms with Crippen molar-refractivity contribution in [1.29, 1.82) is 0 Å². The summed E-state index contributed by atoms with van der Waals surface area (Å²) in [5.74, 6) is -0.588. The number of aryl methyl sites for hydroxylation is 1. The smallest absolute Gasteiger partial charge is 0.311 e. The third-order valence-electron chi connectivity index (χ3n) is 3.02. The van der Waals surface area contributed by atoms with Gasteiger partial charge < -0.3 is 14.4 Å². The van der Waals surface area contributed by atoms with Crippen molar-refractivity contribution < 1.29 is 19.1 Å². The predicted octanol–water partition coefficient (Wildman–Crippen LogP) is 2.72. The van der Waals surface area contributed by atoms with Crippen LogP contribution in [0.3, 0.4) is 0 Å². The summed E-state index contributed by atoms with van der Waals surface area (Å²) in [6.07, 6.45) is 1.17. The number of carbonyl (C=O) groups is 2. The number of amides is 1. The number of rotatable bonds is 6. The number of aliphatic carboxylic acids is 1. The van der Waals surface area contributed by atoms with Gasteiger partial charge in [0.25, 0.3) is 5.91 Å². The van der Waals surface area contributed by atoms with Crippen LogP contribution >= 0.6 is 0 Å². The standard InChI is InChI=1S/C15H23NO4/c1-9(2)7-16(10(3)4)15(19)14-11(5)8-20-12(14)6-13(17)18/h8-10H,6-7H2,1-5H3,(H,17,18). The molecular weight excluding hydrogens is 258 g/mol. The third kappa shape index (κ3) is 3.85. The van der Waals surface area contributed by atoms with Crippen LogP contribution in [0.2, 0.25) is 0 Å². The minimum Gasteiger partial charge on any atom is -0.481 e. The minimum absolute atomic E-state index is 0.0527. The van der Waals surface area contributed by atoms with E-state index < -0.39 is 5.97 Å². The molecule has 0 radical (unpaired) electrons. The van der Waals surface area contributed by atoms with E-state index in [1.54, 1.807) is 11.8 Å². The lowest BCUT2D eigenvalue weighted by Crippen LogP contribution is -2.40. The SMILES string of the molecule is Cc1coc(CC(=O)O)c1C(=O)N(CC(C)C)C(C)C. The molecule has 0 saturated heterocycles. The van der Waals surface area contributed by atoms with E-state index in [1.165, 1.54) is 6.26 Å². The van der Waals surface area contributed by atoms with Crippen LogP contribution in [0, 0.1) is 12.8 Å². The summed E-state index contributed by atoms with van der Waals surface area (Å²) < 4.78 is 5.23. The first-order valence-corrected chi connectivity index (χ1v) is 6.83. The molecule has 0 aliphatic heterocycles. The summed E-state index contributed by atoms with van der Waals surface area (Å²) in [5, 5.41) is 8.89. The fraction of sp³-hybridized carbons (Fsp3) is 0.600. The highest BCUT2D eigenvalue weighted by molar-refractivity contribution is 5.97.